The molecular formula is C19H22BNO6. The van der Waals surface area contributed by atoms with Crippen molar-refractivity contribution in [3.63, 3.8) is 0 Å². The van der Waals surface area contributed by atoms with Gasteiger partial charge in [-0.25, -0.2) is 0 Å². The van der Waals surface area contributed by atoms with Crippen LogP contribution in [0.1, 0.15) is 23.5 Å². The van der Waals surface area contributed by atoms with Gasteiger partial charge in [0.05, 0.1) is 20.1 Å². The largest absolute Gasteiger partial charge is 0.635 e. The first-order valence-corrected chi connectivity index (χ1v) is 8.71. The maximum Gasteiger partial charge on any atom is 0.635 e. The summed E-state index contributed by atoms with van der Waals surface area (Å²) in [5, 5.41) is 21.1. The first-order chi connectivity index (χ1) is 13.0. The number of benzene rings is 2. The van der Waals surface area contributed by atoms with Gasteiger partial charge in [0.15, 0.2) is 0 Å². The molecule has 27 heavy (non-hydrogen) atoms. The predicted molar refractivity (Wildman–Crippen MR) is 99.2 cm³/mol. The molecule has 142 valence electrons. The lowest BCUT2D eigenvalue weighted by molar-refractivity contribution is -0.123. The van der Waals surface area contributed by atoms with Crippen LogP contribution in [0, 0.1) is 0 Å². The summed E-state index contributed by atoms with van der Waals surface area (Å²) in [6.45, 7) is 0.453. The third-order valence-corrected chi connectivity index (χ3v) is 4.43. The number of para-hydroxylation sites is 1. The molecule has 7 nitrogen and oxygen atoms in total. The van der Waals surface area contributed by atoms with Gasteiger partial charge < -0.3 is 29.5 Å². The fraction of sp³-hybridized carbons (Fsp3) is 0.316. The Labute approximate surface area is 158 Å². The average molecular weight is 371 g/mol. The summed E-state index contributed by atoms with van der Waals surface area (Å²) in [5.74, 6) is 1.23. The average Bonchev–Trinajstić information content (AvgIpc) is 3.05. The van der Waals surface area contributed by atoms with Crippen LogP contribution in [0.2, 0.25) is 0 Å². The van der Waals surface area contributed by atoms with E-state index < -0.39 is 13.5 Å². The van der Waals surface area contributed by atoms with E-state index in [0.29, 0.717) is 18.8 Å². The van der Waals surface area contributed by atoms with E-state index in [1.54, 1.807) is 31.4 Å². The number of rotatable bonds is 8. The van der Waals surface area contributed by atoms with Crippen LogP contribution < -0.4 is 14.8 Å². The molecule has 0 saturated carbocycles. The number of nitrogens with one attached hydrogen (secondary N) is 1. The summed E-state index contributed by atoms with van der Waals surface area (Å²) in [6, 6.07) is 14.8. The van der Waals surface area contributed by atoms with Gasteiger partial charge in [-0.1, -0.05) is 30.3 Å². The van der Waals surface area contributed by atoms with Crippen molar-refractivity contribution in [3.05, 3.63) is 59.7 Å². The molecule has 1 aliphatic rings. The third-order valence-electron chi connectivity index (χ3n) is 4.43. The molecule has 1 aliphatic heterocycles. The number of hydrogen-bond donors (Lipinski definition) is 3. The van der Waals surface area contributed by atoms with Crippen molar-refractivity contribution in [3.8, 4) is 11.5 Å². The van der Waals surface area contributed by atoms with Gasteiger partial charge in [-0.2, -0.15) is 0 Å². The molecule has 0 radical (unpaired) electrons. The number of ether oxygens (including phenoxy) is 2. The summed E-state index contributed by atoms with van der Waals surface area (Å²) in [6.07, 6.45) is -0.345. The molecule has 0 spiro atoms. The SMILES string of the molecule is COc1ccc(CC(=O)N[C@H](C[C@@H]2COc3ccccc32)OB(O)O)cc1. The van der Waals surface area contributed by atoms with Gasteiger partial charge in [0.25, 0.3) is 0 Å². The molecule has 2 aromatic rings. The van der Waals surface area contributed by atoms with Gasteiger partial charge in [0, 0.05) is 17.9 Å². The van der Waals surface area contributed by atoms with Crippen LogP contribution in [0.15, 0.2) is 48.5 Å². The zero-order chi connectivity index (χ0) is 19.2. The standard InChI is InChI=1S/C19H22BNO6/c1-25-15-8-6-13(7-9-15)10-18(22)21-19(27-20(23)24)11-14-12-26-17-5-3-2-4-16(14)17/h2-9,14,19,23-24H,10-12H2,1H3,(H,21,22)/t14-,19+/m1/s1. The first-order valence-electron chi connectivity index (χ1n) is 8.71. The zero-order valence-electron chi connectivity index (χ0n) is 15.0. The predicted octanol–water partition coefficient (Wildman–Crippen LogP) is 1.23. The molecule has 3 N–H and O–H groups in total. The lowest BCUT2D eigenvalue weighted by atomic mass is 9.96. The van der Waals surface area contributed by atoms with Crippen LogP contribution >= 0.6 is 0 Å². The Morgan fingerprint density at radius 3 is 2.70 bits per heavy atom. The molecule has 8 heteroatoms. The fourth-order valence-corrected chi connectivity index (χ4v) is 3.14. The van der Waals surface area contributed by atoms with E-state index in [4.69, 9.17) is 14.1 Å². The summed E-state index contributed by atoms with van der Waals surface area (Å²) < 4.78 is 15.8. The molecule has 2 aromatic carbocycles. The number of carbonyl (C=O) groups is 1. The van der Waals surface area contributed by atoms with Crippen LogP contribution in [0.25, 0.3) is 0 Å². The molecule has 0 bridgehead atoms. The van der Waals surface area contributed by atoms with E-state index in [0.717, 1.165) is 16.9 Å². The molecule has 0 aliphatic carbocycles. The minimum absolute atomic E-state index is 0.00811. The third kappa shape index (κ3) is 5.23. The van der Waals surface area contributed by atoms with E-state index in [1.807, 2.05) is 24.3 Å². The van der Waals surface area contributed by atoms with Crippen molar-refractivity contribution in [2.45, 2.75) is 25.0 Å². The highest BCUT2D eigenvalue weighted by Crippen LogP contribution is 2.36. The van der Waals surface area contributed by atoms with Crippen molar-refractivity contribution >= 4 is 13.2 Å². The normalized spacial score (nSPS) is 16.2. The molecule has 0 aromatic heterocycles. The van der Waals surface area contributed by atoms with Crippen molar-refractivity contribution in [1.82, 2.24) is 5.32 Å². The monoisotopic (exact) mass is 371 g/mol. The number of fused-ring (bicyclic) bond motifs is 1. The van der Waals surface area contributed by atoms with Gasteiger partial charge in [0.1, 0.15) is 17.7 Å². The summed E-state index contributed by atoms with van der Waals surface area (Å²) in [7, 11) is -0.400. The number of amides is 1. The van der Waals surface area contributed by atoms with Gasteiger partial charge in [-0.3, -0.25) is 4.79 Å². The van der Waals surface area contributed by atoms with E-state index in [2.05, 4.69) is 5.32 Å². The minimum Gasteiger partial charge on any atom is -0.497 e. The molecule has 3 rings (SSSR count). The fourth-order valence-electron chi connectivity index (χ4n) is 3.14. The maximum absolute atomic E-state index is 12.4. The summed E-state index contributed by atoms with van der Waals surface area (Å²) >= 11 is 0. The summed E-state index contributed by atoms with van der Waals surface area (Å²) in [4.78, 5) is 12.4. The molecule has 0 saturated heterocycles. The molecular weight excluding hydrogens is 349 g/mol. The lowest BCUT2D eigenvalue weighted by Gasteiger charge is -2.22. The van der Waals surface area contributed by atoms with Crippen molar-refractivity contribution in [1.29, 1.82) is 0 Å². The second-order valence-corrected chi connectivity index (χ2v) is 6.32. The topological polar surface area (TPSA) is 97.3 Å². The molecule has 1 heterocycles. The van der Waals surface area contributed by atoms with Crippen LogP contribution in [-0.4, -0.2) is 43.2 Å². The highest BCUT2D eigenvalue weighted by molar-refractivity contribution is 6.32. The Bertz CT molecular complexity index is 767. The molecule has 0 fully saturated rings. The van der Waals surface area contributed by atoms with E-state index in [9.17, 15) is 14.8 Å². The van der Waals surface area contributed by atoms with Crippen molar-refractivity contribution in [2.24, 2.45) is 0 Å². The molecule has 2 atom stereocenters. The molecule has 1 amide bonds. The van der Waals surface area contributed by atoms with Crippen LogP contribution in [0.3, 0.4) is 0 Å². The first kappa shape index (κ1) is 19.2. The second-order valence-electron chi connectivity index (χ2n) is 6.32. The lowest BCUT2D eigenvalue weighted by Crippen LogP contribution is -2.42. The highest BCUT2D eigenvalue weighted by Gasteiger charge is 2.29. The van der Waals surface area contributed by atoms with Gasteiger partial charge in [-0.05, 0) is 23.8 Å². The Hall–Kier alpha value is -2.55. The van der Waals surface area contributed by atoms with Crippen LogP contribution in [0.5, 0.6) is 11.5 Å². The molecule has 0 unspecified atom stereocenters. The number of methoxy groups -OCH3 is 1. The second kappa shape index (κ2) is 8.90. The van der Waals surface area contributed by atoms with E-state index in [1.165, 1.54) is 0 Å². The van der Waals surface area contributed by atoms with Gasteiger partial charge in [-0.15, -0.1) is 0 Å². The minimum atomic E-state index is -1.98. The number of hydrogen-bond acceptors (Lipinski definition) is 6. The Morgan fingerprint density at radius 1 is 1.26 bits per heavy atom. The maximum atomic E-state index is 12.4. The van der Waals surface area contributed by atoms with Crippen LogP contribution in [-0.2, 0) is 15.9 Å². The highest BCUT2D eigenvalue weighted by atomic mass is 16.6. The van der Waals surface area contributed by atoms with Crippen molar-refractivity contribution in [2.75, 3.05) is 13.7 Å². The summed E-state index contributed by atoms with van der Waals surface area (Å²) in [5.41, 5.74) is 1.83. The van der Waals surface area contributed by atoms with E-state index in [-0.39, 0.29) is 18.2 Å². The smallest absolute Gasteiger partial charge is 0.497 e. The quantitative estimate of drug-likeness (QED) is 0.477. The van der Waals surface area contributed by atoms with Gasteiger partial charge >= 0.3 is 7.32 Å². The Kier molecular flexibility index (Phi) is 6.34. The Morgan fingerprint density at radius 2 is 2.00 bits per heavy atom. The van der Waals surface area contributed by atoms with Crippen LogP contribution in [0.4, 0.5) is 0 Å². The van der Waals surface area contributed by atoms with Gasteiger partial charge in [0.2, 0.25) is 5.91 Å². The van der Waals surface area contributed by atoms with Crippen molar-refractivity contribution < 1.29 is 29.0 Å². The Balaban J connectivity index is 1.61. The zero-order valence-corrected chi connectivity index (χ0v) is 15.0. The number of carbonyl (C=O) groups excluding carboxylic acids is 1. The van der Waals surface area contributed by atoms with E-state index >= 15 is 0 Å².